The zero-order chi connectivity index (χ0) is 42.9. The minimum absolute atomic E-state index is 0.00261. The number of rotatable bonds is 7. The quantitative estimate of drug-likeness (QED) is 0.140. The van der Waals surface area contributed by atoms with Crippen molar-refractivity contribution in [3.63, 3.8) is 0 Å². The van der Waals surface area contributed by atoms with E-state index >= 15 is 0 Å². The van der Waals surface area contributed by atoms with Gasteiger partial charge in [0.2, 0.25) is 0 Å². The third kappa shape index (κ3) is 5.84. The van der Waals surface area contributed by atoms with E-state index in [9.17, 15) is 0 Å². The van der Waals surface area contributed by atoms with E-state index in [0.29, 0.717) is 0 Å². The fourth-order valence-corrected chi connectivity index (χ4v) is 11.7. The second-order valence-corrected chi connectivity index (χ2v) is 17.9. The summed E-state index contributed by atoms with van der Waals surface area (Å²) in [6.07, 6.45) is 0. The Balaban J connectivity index is 0.964. The molecule has 2 atom stereocenters. The molecule has 13 rings (SSSR count). The molecule has 0 aromatic heterocycles. The summed E-state index contributed by atoms with van der Waals surface area (Å²) < 4.78 is 0. The van der Waals surface area contributed by atoms with Gasteiger partial charge in [0.05, 0.1) is 5.41 Å². The van der Waals surface area contributed by atoms with Crippen LogP contribution in [-0.2, 0) is 5.41 Å². The molecule has 0 fully saturated rings. The molecule has 2 unspecified atom stereocenters. The van der Waals surface area contributed by atoms with Gasteiger partial charge in [0.25, 0.3) is 0 Å². The monoisotopic (exact) mass is 824 g/mol. The summed E-state index contributed by atoms with van der Waals surface area (Å²) in [6.45, 7) is 0. The highest BCUT2D eigenvalue weighted by molar-refractivity contribution is 5.98. The summed E-state index contributed by atoms with van der Waals surface area (Å²) in [7, 11) is 0. The summed E-state index contributed by atoms with van der Waals surface area (Å²) in [4.78, 5) is 0. The lowest BCUT2D eigenvalue weighted by atomic mass is 9.67. The van der Waals surface area contributed by atoms with Crippen LogP contribution in [0.2, 0.25) is 0 Å². The van der Waals surface area contributed by atoms with Gasteiger partial charge in [0.15, 0.2) is 0 Å². The van der Waals surface area contributed by atoms with E-state index in [1.165, 1.54) is 111 Å². The van der Waals surface area contributed by atoms with Crippen molar-refractivity contribution in [2.45, 2.75) is 17.3 Å². The molecule has 0 aliphatic heterocycles. The maximum atomic E-state index is 2.54. The van der Waals surface area contributed by atoms with Crippen LogP contribution in [-0.4, -0.2) is 0 Å². The van der Waals surface area contributed by atoms with E-state index in [1.54, 1.807) is 0 Å². The molecule has 0 saturated carbocycles. The fourth-order valence-electron chi connectivity index (χ4n) is 11.7. The lowest BCUT2D eigenvalue weighted by Crippen LogP contribution is -2.28. The molecule has 0 nitrogen and oxygen atoms in total. The standard InChI is InChI=1S/C65H44/c1-4-18-46(19-5-1)63-59-41-49(35-37-55(59)58-39-34-45-17-12-13-25-54(45)64(58)63)44-28-31-47(32-29-44)62(50-33-30-43-16-10-11-20-48(43)40-50)51-36-38-57-56-26-14-15-27-60(56)65(61(57)42-51,52-21-6-2-7-22-52)53-23-8-3-9-24-53/h1-42,62-63H. The van der Waals surface area contributed by atoms with Gasteiger partial charge in [-0.15, -0.1) is 0 Å². The molecule has 11 aromatic rings. The molecule has 0 heterocycles. The highest BCUT2D eigenvalue weighted by atomic mass is 14.5. The van der Waals surface area contributed by atoms with Crippen molar-refractivity contribution < 1.29 is 0 Å². The summed E-state index contributed by atoms with van der Waals surface area (Å²) in [6, 6.07) is 95.5. The lowest BCUT2D eigenvalue weighted by molar-refractivity contribution is 0.765. The Morgan fingerprint density at radius 1 is 0.323 bits per heavy atom. The van der Waals surface area contributed by atoms with E-state index < -0.39 is 5.41 Å². The topological polar surface area (TPSA) is 0 Å². The minimum Gasteiger partial charge on any atom is -0.0622 e. The molecule has 0 saturated heterocycles. The second-order valence-electron chi connectivity index (χ2n) is 17.9. The van der Waals surface area contributed by atoms with Gasteiger partial charge in [-0.2, -0.15) is 0 Å². The van der Waals surface area contributed by atoms with Crippen LogP contribution in [0.25, 0.3) is 54.9 Å². The highest BCUT2D eigenvalue weighted by Crippen LogP contribution is 2.57. The molecular formula is C65H44. The van der Waals surface area contributed by atoms with Crippen LogP contribution in [0.3, 0.4) is 0 Å². The molecule has 0 radical (unpaired) electrons. The smallest absolute Gasteiger partial charge is 0.0622 e. The summed E-state index contributed by atoms with van der Waals surface area (Å²) in [5, 5.41) is 5.13. The molecule has 0 spiro atoms. The Hall–Kier alpha value is -8.06. The fraction of sp³-hybridized carbons (Fsp3) is 0.0462. The first-order valence-electron chi connectivity index (χ1n) is 22.9. The second kappa shape index (κ2) is 15.0. The molecule has 11 aromatic carbocycles. The molecule has 0 amide bonds. The van der Waals surface area contributed by atoms with E-state index in [-0.39, 0.29) is 11.8 Å². The van der Waals surface area contributed by atoms with E-state index in [0.717, 1.165) is 0 Å². The first-order valence-corrected chi connectivity index (χ1v) is 22.9. The van der Waals surface area contributed by atoms with Crippen LogP contribution in [0.15, 0.2) is 255 Å². The van der Waals surface area contributed by atoms with Crippen molar-refractivity contribution in [3.8, 4) is 33.4 Å². The van der Waals surface area contributed by atoms with Crippen molar-refractivity contribution in [2.75, 3.05) is 0 Å². The Labute approximate surface area is 380 Å². The Bertz CT molecular complexity index is 3540. The predicted octanol–water partition coefficient (Wildman–Crippen LogP) is 16.4. The largest absolute Gasteiger partial charge is 0.0713 e. The van der Waals surface area contributed by atoms with Crippen molar-refractivity contribution in [2.24, 2.45) is 0 Å². The summed E-state index contributed by atoms with van der Waals surface area (Å²) in [5.41, 5.74) is 20.4. The first kappa shape index (κ1) is 37.5. The van der Waals surface area contributed by atoms with Crippen LogP contribution in [0.1, 0.15) is 67.5 Å². The lowest BCUT2D eigenvalue weighted by Gasteiger charge is -2.34. The zero-order valence-corrected chi connectivity index (χ0v) is 35.9. The van der Waals surface area contributed by atoms with Gasteiger partial charge in [-0.25, -0.2) is 0 Å². The molecule has 0 bridgehead atoms. The van der Waals surface area contributed by atoms with Crippen molar-refractivity contribution >= 4 is 21.5 Å². The van der Waals surface area contributed by atoms with Crippen LogP contribution < -0.4 is 0 Å². The third-order valence-corrected chi connectivity index (χ3v) is 14.5. The van der Waals surface area contributed by atoms with Crippen molar-refractivity contribution in [3.05, 3.63) is 310 Å². The highest BCUT2D eigenvalue weighted by Gasteiger charge is 2.46. The average Bonchev–Trinajstić information content (AvgIpc) is 3.88. The third-order valence-electron chi connectivity index (χ3n) is 14.5. The Morgan fingerprint density at radius 2 is 0.862 bits per heavy atom. The molecule has 0 heteroatoms. The molecule has 65 heavy (non-hydrogen) atoms. The molecule has 0 N–H and O–H groups in total. The van der Waals surface area contributed by atoms with Crippen LogP contribution in [0.5, 0.6) is 0 Å². The zero-order valence-electron chi connectivity index (χ0n) is 35.9. The van der Waals surface area contributed by atoms with Gasteiger partial charge in [-0.3, -0.25) is 0 Å². The van der Waals surface area contributed by atoms with Gasteiger partial charge in [0, 0.05) is 11.8 Å². The van der Waals surface area contributed by atoms with Crippen molar-refractivity contribution in [1.82, 2.24) is 0 Å². The van der Waals surface area contributed by atoms with Crippen LogP contribution in [0.4, 0.5) is 0 Å². The number of hydrogen-bond acceptors (Lipinski definition) is 0. The van der Waals surface area contributed by atoms with Gasteiger partial charge < -0.3 is 0 Å². The van der Waals surface area contributed by atoms with Gasteiger partial charge >= 0.3 is 0 Å². The van der Waals surface area contributed by atoms with Gasteiger partial charge in [-0.1, -0.05) is 249 Å². The molecular weight excluding hydrogens is 781 g/mol. The molecule has 2 aliphatic carbocycles. The number of hydrogen-bond donors (Lipinski definition) is 0. The normalized spacial score (nSPS) is 14.7. The molecule has 304 valence electrons. The molecule has 2 aliphatic rings. The predicted molar refractivity (Wildman–Crippen MR) is 271 cm³/mol. The number of benzene rings is 11. The number of fused-ring (bicyclic) bond motifs is 9. The van der Waals surface area contributed by atoms with E-state index in [1.807, 2.05) is 0 Å². The summed E-state index contributed by atoms with van der Waals surface area (Å²) in [5.74, 6) is 0.158. The summed E-state index contributed by atoms with van der Waals surface area (Å²) >= 11 is 0. The van der Waals surface area contributed by atoms with Crippen LogP contribution >= 0.6 is 0 Å². The SMILES string of the molecule is c1ccc(C2c3cc(-c4ccc(C(c5ccc6c(c5)C(c5ccccc5)(c5ccccc5)c5ccccc5-6)c5ccc6ccccc6c5)cc4)ccc3-c3ccc4ccccc4c32)cc1. The Kier molecular flexibility index (Phi) is 8.68. The van der Waals surface area contributed by atoms with E-state index in [2.05, 4.69) is 255 Å². The first-order chi connectivity index (χ1) is 32.2. The minimum atomic E-state index is -0.473. The van der Waals surface area contributed by atoms with Gasteiger partial charge in [0.1, 0.15) is 0 Å². The Morgan fingerprint density at radius 3 is 1.63 bits per heavy atom. The van der Waals surface area contributed by atoms with Crippen LogP contribution in [0, 0.1) is 0 Å². The van der Waals surface area contributed by atoms with E-state index in [4.69, 9.17) is 0 Å². The maximum absolute atomic E-state index is 2.54. The maximum Gasteiger partial charge on any atom is 0.0713 e. The van der Waals surface area contributed by atoms with Crippen molar-refractivity contribution in [1.29, 1.82) is 0 Å². The average molecular weight is 825 g/mol. The van der Waals surface area contributed by atoms with Gasteiger partial charge in [-0.05, 0) is 117 Å².